The van der Waals surface area contributed by atoms with Crippen molar-refractivity contribution in [2.45, 2.75) is 6.42 Å². The van der Waals surface area contributed by atoms with Gasteiger partial charge in [-0.05, 0) is 15.9 Å². The van der Waals surface area contributed by atoms with Crippen LogP contribution in [0, 0.1) is 5.92 Å². The Morgan fingerprint density at radius 3 is 3.07 bits per heavy atom. The van der Waals surface area contributed by atoms with Crippen molar-refractivity contribution in [2.75, 3.05) is 11.9 Å². The fourth-order valence-electron chi connectivity index (χ4n) is 1.31. The van der Waals surface area contributed by atoms with Crippen LogP contribution < -0.4 is 10.6 Å². The second-order valence-electron chi connectivity index (χ2n) is 3.16. The minimum atomic E-state index is -0.278. The average Bonchev–Trinajstić information content (AvgIpc) is 2.75. The van der Waals surface area contributed by atoms with E-state index in [9.17, 15) is 9.59 Å². The molecule has 1 fully saturated rings. The predicted molar refractivity (Wildman–Crippen MR) is 59.6 cm³/mol. The van der Waals surface area contributed by atoms with E-state index in [1.54, 1.807) is 6.20 Å². The Hall–Kier alpha value is -0.950. The molecule has 1 saturated heterocycles. The van der Waals surface area contributed by atoms with Crippen molar-refractivity contribution < 1.29 is 9.59 Å². The summed E-state index contributed by atoms with van der Waals surface area (Å²) in [6.07, 6.45) is 1.89. The molecule has 0 radical (unpaired) electrons. The third kappa shape index (κ3) is 2.54. The highest BCUT2D eigenvalue weighted by atomic mass is 79.9. The number of aromatic nitrogens is 1. The smallest absolute Gasteiger partial charge is 0.231 e. The van der Waals surface area contributed by atoms with Crippen molar-refractivity contribution in [3.05, 3.63) is 9.98 Å². The molecule has 0 aromatic carbocycles. The SMILES string of the molecule is O=C1CC(C(=O)Nc2ncc(Br)s2)CN1. The number of rotatable bonds is 2. The predicted octanol–water partition coefficient (Wildman–Crippen LogP) is 0.980. The summed E-state index contributed by atoms with van der Waals surface area (Å²) in [7, 11) is 0. The highest BCUT2D eigenvalue weighted by molar-refractivity contribution is 9.11. The number of amides is 2. The zero-order chi connectivity index (χ0) is 10.8. The lowest BCUT2D eigenvalue weighted by molar-refractivity contribution is -0.123. The van der Waals surface area contributed by atoms with Crippen molar-refractivity contribution in [2.24, 2.45) is 5.92 Å². The Labute approximate surface area is 98.4 Å². The van der Waals surface area contributed by atoms with Crippen LogP contribution in [0.5, 0.6) is 0 Å². The topological polar surface area (TPSA) is 71.1 Å². The number of carbonyl (C=O) groups is 2. The van der Waals surface area contributed by atoms with Gasteiger partial charge in [0.15, 0.2) is 5.13 Å². The van der Waals surface area contributed by atoms with Crippen LogP contribution in [0.1, 0.15) is 6.42 Å². The van der Waals surface area contributed by atoms with Crippen LogP contribution in [0.2, 0.25) is 0 Å². The van der Waals surface area contributed by atoms with Crippen LogP contribution >= 0.6 is 27.3 Å². The van der Waals surface area contributed by atoms with E-state index in [0.29, 0.717) is 11.7 Å². The zero-order valence-corrected chi connectivity index (χ0v) is 10.0. The fourth-order valence-corrected chi connectivity index (χ4v) is 2.42. The van der Waals surface area contributed by atoms with Gasteiger partial charge < -0.3 is 10.6 Å². The molecule has 2 rings (SSSR count). The molecule has 0 saturated carbocycles. The van der Waals surface area contributed by atoms with E-state index in [1.165, 1.54) is 11.3 Å². The van der Waals surface area contributed by atoms with Crippen molar-refractivity contribution in [1.82, 2.24) is 10.3 Å². The highest BCUT2D eigenvalue weighted by Gasteiger charge is 2.28. The number of hydrogen-bond acceptors (Lipinski definition) is 4. The zero-order valence-electron chi connectivity index (χ0n) is 7.62. The van der Waals surface area contributed by atoms with Gasteiger partial charge in [-0.2, -0.15) is 0 Å². The molecule has 1 aromatic rings. The van der Waals surface area contributed by atoms with Gasteiger partial charge in [-0.15, -0.1) is 0 Å². The quantitative estimate of drug-likeness (QED) is 0.853. The van der Waals surface area contributed by atoms with Gasteiger partial charge in [-0.3, -0.25) is 9.59 Å². The monoisotopic (exact) mass is 289 g/mol. The molecule has 2 amide bonds. The van der Waals surface area contributed by atoms with Gasteiger partial charge >= 0.3 is 0 Å². The molecule has 1 aliphatic rings. The Balaban J connectivity index is 1.95. The van der Waals surface area contributed by atoms with Crippen LogP contribution in [0.4, 0.5) is 5.13 Å². The minimum absolute atomic E-state index is 0.0736. The van der Waals surface area contributed by atoms with Crippen molar-refractivity contribution in [1.29, 1.82) is 0 Å². The Bertz CT molecular complexity index is 406. The Morgan fingerprint density at radius 2 is 2.53 bits per heavy atom. The molecule has 7 heteroatoms. The second-order valence-corrected chi connectivity index (χ2v) is 5.57. The number of nitrogens with one attached hydrogen (secondary N) is 2. The lowest BCUT2D eigenvalue weighted by Crippen LogP contribution is -2.24. The molecule has 5 nitrogen and oxygen atoms in total. The summed E-state index contributed by atoms with van der Waals surface area (Å²) in [5, 5.41) is 5.83. The van der Waals surface area contributed by atoms with Crippen molar-refractivity contribution >= 4 is 44.2 Å². The van der Waals surface area contributed by atoms with Gasteiger partial charge in [-0.25, -0.2) is 4.98 Å². The van der Waals surface area contributed by atoms with E-state index in [-0.39, 0.29) is 24.2 Å². The number of nitrogens with zero attached hydrogens (tertiary/aromatic N) is 1. The molecule has 80 valence electrons. The number of halogens is 1. The van der Waals surface area contributed by atoms with Crippen LogP contribution in [0.3, 0.4) is 0 Å². The molecule has 15 heavy (non-hydrogen) atoms. The number of hydrogen-bond donors (Lipinski definition) is 2. The molecule has 1 aliphatic heterocycles. The maximum atomic E-state index is 11.6. The molecule has 2 N–H and O–H groups in total. The lowest BCUT2D eigenvalue weighted by atomic mass is 10.1. The maximum Gasteiger partial charge on any atom is 0.231 e. The van der Waals surface area contributed by atoms with E-state index in [0.717, 1.165) is 3.79 Å². The lowest BCUT2D eigenvalue weighted by Gasteiger charge is -2.05. The standard InChI is InChI=1S/C8H8BrN3O2S/c9-5-3-11-8(15-5)12-7(14)4-1-6(13)10-2-4/h3-4H,1-2H2,(H,10,13)(H,11,12,14). The molecule has 1 aromatic heterocycles. The first-order valence-electron chi connectivity index (χ1n) is 4.34. The van der Waals surface area contributed by atoms with Crippen molar-refractivity contribution in [3.63, 3.8) is 0 Å². The van der Waals surface area contributed by atoms with E-state index in [2.05, 4.69) is 31.5 Å². The second kappa shape index (κ2) is 4.28. The summed E-state index contributed by atoms with van der Waals surface area (Å²) >= 11 is 4.60. The summed E-state index contributed by atoms with van der Waals surface area (Å²) in [4.78, 5) is 26.5. The van der Waals surface area contributed by atoms with Crippen LogP contribution in [0.15, 0.2) is 9.98 Å². The van der Waals surface area contributed by atoms with E-state index < -0.39 is 0 Å². The molecular weight excluding hydrogens is 282 g/mol. The highest BCUT2D eigenvalue weighted by Crippen LogP contribution is 2.24. The maximum absolute atomic E-state index is 11.6. The molecule has 2 heterocycles. The molecule has 1 atom stereocenters. The number of anilines is 1. The summed E-state index contributed by atoms with van der Waals surface area (Å²) < 4.78 is 0.860. The van der Waals surface area contributed by atoms with Gasteiger partial charge in [0.05, 0.1) is 15.9 Å². The van der Waals surface area contributed by atoms with Gasteiger partial charge in [0.2, 0.25) is 11.8 Å². The first kappa shape index (κ1) is 10.6. The third-order valence-electron chi connectivity index (χ3n) is 2.06. The van der Waals surface area contributed by atoms with Gasteiger partial charge in [0, 0.05) is 13.0 Å². The largest absolute Gasteiger partial charge is 0.355 e. The van der Waals surface area contributed by atoms with E-state index in [1.807, 2.05) is 0 Å². The van der Waals surface area contributed by atoms with E-state index >= 15 is 0 Å². The normalized spacial score (nSPS) is 20.1. The Kier molecular flexibility index (Phi) is 3.01. The first-order chi connectivity index (χ1) is 7.15. The van der Waals surface area contributed by atoms with Crippen molar-refractivity contribution in [3.8, 4) is 0 Å². The summed E-state index contributed by atoms with van der Waals surface area (Å²) in [6, 6.07) is 0. The minimum Gasteiger partial charge on any atom is -0.355 e. The summed E-state index contributed by atoms with van der Waals surface area (Å²) in [6.45, 7) is 0.414. The number of carbonyl (C=O) groups excluding carboxylic acids is 2. The van der Waals surface area contributed by atoms with Crippen LogP contribution in [-0.4, -0.2) is 23.3 Å². The first-order valence-corrected chi connectivity index (χ1v) is 5.95. The molecule has 1 unspecified atom stereocenters. The Morgan fingerprint density at radius 1 is 1.73 bits per heavy atom. The van der Waals surface area contributed by atoms with Gasteiger partial charge in [0.1, 0.15) is 0 Å². The molecule has 0 bridgehead atoms. The molecule has 0 aliphatic carbocycles. The number of thiazole rings is 1. The van der Waals surface area contributed by atoms with E-state index in [4.69, 9.17) is 0 Å². The van der Waals surface area contributed by atoms with Gasteiger partial charge in [0.25, 0.3) is 0 Å². The summed E-state index contributed by atoms with van der Waals surface area (Å²) in [5.74, 6) is -0.508. The molecule has 0 spiro atoms. The van der Waals surface area contributed by atoms with Crippen LogP contribution in [-0.2, 0) is 9.59 Å². The average molecular weight is 290 g/mol. The molecular formula is C8H8BrN3O2S. The summed E-state index contributed by atoms with van der Waals surface area (Å²) in [5.41, 5.74) is 0. The van der Waals surface area contributed by atoms with Crippen LogP contribution in [0.25, 0.3) is 0 Å². The van der Waals surface area contributed by atoms with Gasteiger partial charge in [-0.1, -0.05) is 11.3 Å². The fraction of sp³-hybridized carbons (Fsp3) is 0.375. The third-order valence-corrected chi connectivity index (χ3v) is 3.45.